The van der Waals surface area contributed by atoms with Crippen LogP contribution in [0.5, 0.6) is 0 Å². The van der Waals surface area contributed by atoms with Crippen LogP contribution in [0.1, 0.15) is 23.6 Å². The van der Waals surface area contributed by atoms with E-state index in [0.29, 0.717) is 11.3 Å². The molecule has 0 saturated heterocycles. The summed E-state index contributed by atoms with van der Waals surface area (Å²) in [6.07, 6.45) is -4.92. The highest BCUT2D eigenvalue weighted by Gasteiger charge is 2.32. The number of anilines is 1. The van der Waals surface area contributed by atoms with Gasteiger partial charge in [-0.15, -0.1) is 0 Å². The van der Waals surface area contributed by atoms with Gasteiger partial charge in [-0.1, -0.05) is 12.1 Å². The minimum atomic E-state index is -4.22. The first kappa shape index (κ1) is 12.9. The molecule has 3 nitrogen and oxygen atoms in total. The fraction of sp³-hybridized carbons (Fsp3) is 0.417. The van der Waals surface area contributed by atoms with Crippen LogP contribution >= 0.6 is 0 Å². The van der Waals surface area contributed by atoms with E-state index in [2.05, 4.69) is 10.6 Å². The molecule has 1 aromatic rings. The van der Waals surface area contributed by atoms with Gasteiger partial charge in [0.15, 0.2) is 0 Å². The maximum atomic E-state index is 12.4. The van der Waals surface area contributed by atoms with E-state index in [4.69, 9.17) is 0 Å². The summed E-state index contributed by atoms with van der Waals surface area (Å²) in [6.45, 7) is 0. The van der Waals surface area contributed by atoms with E-state index >= 15 is 0 Å². The zero-order valence-electron chi connectivity index (χ0n) is 9.77. The average molecular weight is 258 g/mol. The Morgan fingerprint density at radius 1 is 1.44 bits per heavy atom. The molecule has 0 saturated carbocycles. The molecule has 0 bridgehead atoms. The molecule has 2 N–H and O–H groups in total. The van der Waals surface area contributed by atoms with Gasteiger partial charge in [0.1, 0.15) is 0 Å². The molecule has 0 fully saturated rings. The molecule has 1 unspecified atom stereocenters. The first-order chi connectivity index (χ1) is 8.39. The summed E-state index contributed by atoms with van der Waals surface area (Å²) in [5.41, 5.74) is 1.98. The highest BCUT2D eigenvalue weighted by molar-refractivity contribution is 5.99. The van der Waals surface area contributed by atoms with Gasteiger partial charge in [0.05, 0.1) is 12.8 Å². The fourth-order valence-electron chi connectivity index (χ4n) is 2.08. The lowest BCUT2D eigenvalue weighted by atomic mass is 10.00. The van der Waals surface area contributed by atoms with Gasteiger partial charge in [-0.3, -0.25) is 4.79 Å². The number of nitrogens with one attached hydrogen (secondary N) is 2. The van der Waals surface area contributed by atoms with Gasteiger partial charge in [-0.25, -0.2) is 0 Å². The van der Waals surface area contributed by atoms with Crippen LogP contribution in [0, 0.1) is 0 Å². The summed E-state index contributed by atoms with van der Waals surface area (Å²) in [6, 6.07) is 4.12. The molecule has 0 radical (unpaired) electrons. The van der Waals surface area contributed by atoms with Crippen molar-refractivity contribution in [1.29, 1.82) is 0 Å². The van der Waals surface area contributed by atoms with Crippen molar-refractivity contribution >= 4 is 11.6 Å². The fourth-order valence-corrected chi connectivity index (χ4v) is 2.08. The minimum Gasteiger partial charge on any atom is -0.326 e. The first-order valence-electron chi connectivity index (χ1n) is 5.56. The second-order valence-electron chi connectivity index (χ2n) is 4.30. The normalized spacial score (nSPS) is 16.3. The maximum absolute atomic E-state index is 12.4. The molecular weight excluding hydrogens is 245 g/mol. The number of hydrogen-bond acceptors (Lipinski definition) is 2. The van der Waals surface area contributed by atoms with Crippen molar-refractivity contribution in [3.8, 4) is 0 Å². The molecule has 18 heavy (non-hydrogen) atoms. The van der Waals surface area contributed by atoms with Crippen LogP contribution in [0.15, 0.2) is 18.2 Å². The van der Waals surface area contributed by atoms with Gasteiger partial charge in [0.2, 0.25) is 5.91 Å². The Hall–Kier alpha value is -1.56. The molecule has 1 aliphatic heterocycles. The lowest BCUT2D eigenvalue weighted by Crippen LogP contribution is -2.23. The van der Waals surface area contributed by atoms with Crippen molar-refractivity contribution in [3.63, 3.8) is 0 Å². The minimum absolute atomic E-state index is 0.126. The summed E-state index contributed by atoms with van der Waals surface area (Å²) in [7, 11) is 1.49. The third-order valence-electron chi connectivity index (χ3n) is 2.94. The van der Waals surface area contributed by atoms with E-state index in [9.17, 15) is 18.0 Å². The van der Waals surface area contributed by atoms with Crippen LogP contribution < -0.4 is 10.6 Å². The third kappa shape index (κ3) is 2.81. The maximum Gasteiger partial charge on any atom is 0.390 e. The highest BCUT2D eigenvalue weighted by atomic mass is 19.4. The van der Waals surface area contributed by atoms with Crippen molar-refractivity contribution in [3.05, 3.63) is 29.3 Å². The lowest BCUT2D eigenvalue weighted by Gasteiger charge is -2.19. The predicted molar refractivity (Wildman–Crippen MR) is 61.2 cm³/mol. The Bertz CT molecular complexity index is 471. The number of alkyl halides is 3. The zero-order valence-corrected chi connectivity index (χ0v) is 9.77. The van der Waals surface area contributed by atoms with E-state index in [1.807, 2.05) is 0 Å². The molecule has 1 aromatic carbocycles. The number of carbonyl (C=O) groups excluding carboxylic acids is 1. The predicted octanol–water partition coefficient (Wildman–Crippen LogP) is 2.39. The summed E-state index contributed by atoms with van der Waals surface area (Å²) < 4.78 is 37.2. The molecular formula is C12H13F3N2O. The number of amides is 1. The van der Waals surface area contributed by atoms with Gasteiger partial charge in [0.25, 0.3) is 0 Å². The molecule has 0 aromatic heterocycles. The molecule has 1 heterocycles. The van der Waals surface area contributed by atoms with E-state index in [1.54, 1.807) is 18.2 Å². The molecule has 6 heteroatoms. The topological polar surface area (TPSA) is 41.1 Å². The average Bonchev–Trinajstić information content (AvgIpc) is 2.63. The van der Waals surface area contributed by atoms with Crippen LogP contribution in [0.3, 0.4) is 0 Å². The Kier molecular flexibility index (Phi) is 3.30. The zero-order chi connectivity index (χ0) is 13.3. The monoisotopic (exact) mass is 258 g/mol. The third-order valence-corrected chi connectivity index (χ3v) is 2.94. The van der Waals surface area contributed by atoms with Crippen molar-refractivity contribution < 1.29 is 18.0 Å². The van der Waals surface area contributed by atoms with Crippen LogP contribution in [0.2, 0.25) is 0 Å². The Balaban J connectivity index is 2.23. The standard InChI is InChI=1S/C12H13F3N2O/c1-16-10(6-12(13,14)15)7-2-3-9-8(4-7)5-11(18)17-9/h2-4,10,16H,5-6H2,1H3,(H,17,18). The summed E-state index contributed by atoms with van der Waals surface area (Å²) in [4.78, 5) is 11.2. The number of fused-ring (bicyclic) bond motifs is 1. The summed E-state index contributed by atoms with van der Waals surface area (Å²) in [5.74, 6) is -0.126. The molecule has 0 spiro atoms. The Morgan fingerprint density at radius 3 is 2.78 bits per heavy atom. The smallest absolute Gasteiger partial charge is 0.326 e. The second-order valence-corrected chi connectivity index (χ2v) is 4.30. The van der Waals surface area contributed by atoms with E-state index in [-0.39, 0.29) is 12.3 Å². The van der Waals surface area contributed by atoms with Crippen LogP contribution in [0.4, 0.5) is 18.9 Å². The van der Waals surface area contributed by atoms with Gasteiger partial charge in [0, 0.05) is 11.7 Å². The largest absolute Gasteiger partial charge is 0.390 e. The van der Waals surface area contributed by atoms with Crippen LogP contribution in [0.25, 0.3) is 0 Å². The SMILES string of the molecule is CNC(CC(F)(F)F)c1ccc2c(c1)CC(=O)N2. The number of halogens is 3. The van der Waals surface area contributed by atoms with E-state index in [1.165, 1.54) is 7.05 Å². The van der Waals surface area contributed by atoms with Gasteiger partial charge >= 0.3 is 6.18 Å². The second kappa shape index (κ2) is 4.61. The molecule has 98 valence electrons. The van der Waals surface area contributed by atoms with Crippen molar-refractivity contribution in [1.82, 2.24) is 5.32 Å². The first-order valence-corrected chi connectivity index (χ1v) is 5.56. The van der Waals surface area contributed by atoms with Crippen LogP contribution in [-0.2, 0) is 11.2 Å². The number of rotatable bonds is 3. The number of hydrogen-bond donors (Lipinski definition) is 2. The number of carbonyl (C=O) groups is 1. The quantitative estimate of drug-likeness (QED) is 0.874. The summed E-state index contributed by atoms with van der Waals surface area (Å²) in [5, 5.41) is 5.30. The molecule has 0 aliphatic carbocycles. The van der Waals surface area contributed by atoms with Gasteiger partial charge < -0.3 is 10.6 Å². The molecule has 1 aliphatic rings. The van der Waals surface area contributed by atoms with Crippen LogP contribution in [-0.4, -0.2) is 19.1 Å². The molecule has 1 atom stereocenters. The number of benzene rings is 1. The van der Waals surface area contributed by atoms with Crippen molar-refractivity contribution in [2.75, 3.05) is 12.4 Å². The highest BCUT2D eigenvalue weighted by Crippen LogP contribution is 2.32. The Labute approximate surface area is 102 Å². The van der Waals surface area contributed by atoms with E-state index in [0.717, 1.165) is 5.56 Å². The molecule has 2 rings (SSSR count). The van der Waals surface area contributed by atoms with Crippen molar-refractivity contribution in [2.45, 2.75) is 25.1 Å². The lowest BCUT2D eigenvalue weighted by molar-refractivity contribution is -0.140. The molecule has 1 amide bonds. The Morgan fingerprint density at radius 2 is 2.17 bits per heavy atom. The van der Waals surface area contributed by atoms with Crippen molar-refractivity contribution in [2.24, 2.45) is 0 Å². The van der Waals surface area contributed by atoms with Gasteiger partial charge in [-0.05, 0) is 24.2 Å². The van der Waals surface area contributed by atoms with E-state index < -0.39 is 18.6 Å². The summed E-state index contributed by atoms with van der Waals surface area (Å²) >= 11 is 0. The van der Waals surface area contributed by atoms with Gasteiger partial charge in [-0.2, -0.15) is 13.2 Å².